The zero-order valence-electron chi connectivity index (χ0n) is 18.7. The quantitative estimate of drug-likeness (QED) is 0.734. The molecule has 1 aliphatic rings. The highest BCUT2D eigenvalue weighted by molar-refractivity contribution is 5.95. The van der Waals surface area contributed by atoms with Gasteiger partial charge in [0, 0.05) is 13.1 Å². The van der Waals surface area contributed by atoms with E-state index in [2.05, 4.69) is 13.8 Å². The van der Waals surface area contributed by atoms with Crippen LogP contribution in [0.3, 0.4) is 0 Å². The van der Waals surface area contributed by atoms with Gasteiger partial charge in [-0.15, -0.1) is 0 Å². The molecule has 1 N–H and O–H groups in total. The van der Waals surface area contributed by atoms with E-state index in [1.807, 2.05) is 36.4 Å². The van der Waals surface area contributed by atoms with Crippen molar-refractivity contribution in [3.63, 3.8) is 0 Å². The molecule has 0 radical (unpaired) electrons. The second kappa shape index (κ2) is 12.0. The van der Waals surface area contributed by atoms with Crippen molar-refractivity contribution in [2.75, 3.05) is 27.4 Å². The highest BCUT2D eigenvalue weighted by Crippen LogP contribution is 2.21. The minimum absolute atomic E-state index is 0.0164. The molecule has 168 valence electrons. The first kappa shape index (κ1) is 24.2. The van der Waals surface area contributed by atoms with Crippen LogP contribution in [-0.2, 0) is 22.7 Å². The summed E-state index contributed by atoms with van der Waals surface area (Å²) >= 11 is 0. The first-order valence-corrected chi connectivity index (χ1v) is 10.4. The van der Waals surface area contributed by atoms with Gasteiger partial charge in [-0.1, -0.05) is 44.5 Å². The molecule has 7 heteroatoms. The lowest BCUT2D eigenvalue weighted by atomic mass is 10.1. The summed E-state index contributed by atoms with van der Waals surface area (Å²) in [5, 5.41) is 9.78. The minimum Gasteiger partial charge on any atom is -0.497 e. The number of ether oxygens (including phenoxy) is 2. The molecule has 3 rings (SSSR count). The van der Waals surface area contributed by atoms with Crippen LogP contribution >= 0.6 is 0 Å². The standard InChI is InChI=1S/C21H24N2O5.C3H8/c1-27-17-7-3-15(4-8-17)11-22-13-20(25)23(19(14-24)21(22)26)12-16-5-9-18(28-2)10-6-16;1-3-2/h3-10,19,24H,11-14H2,1-2H3;3H2,1-2H3/t19-;/m0./s1. The van der Waals surface area contributed by atoms with Crippen molar-refractivity contribution >= 4 is 11.8 Å². The molecule has 0 aliphatic carbocycles. The van der Waals surface area contributed by atoms with E-state index in [9.17, 15) is 14.7 Å². The third kappa shape index (κ3) is 6.46. The Morgan fingerprint density at radius 2 is 1.32 bits per heavy atom. The Morgan fingerprint density at radius 3 is 1.74 bits per heavy atom. The van der Waals surface area contributed by atoms with Crippen molar-refractivity contribution in [3.05, 3.63) is 59.7 Å². The predicted molar refractivity (Wildman–Crippen MR) is 119 cm³/mol. The molecule has 2 amide bonds. The highest BCUT2D eigenvalue weighted by atomic mass is 16.5. The Hall–Kier alpha value is -3.06. The average Bonchev–Trinajstić information content (AvgIpc) is 2.79. The molecule has 1 fully saturated rings. The van der Waals surface area contributed by atoms with Gasteiger partial charge >= 0.3 is 0 Å². The number of nitrogens with zero attached hydrogens (tertiary/aromatic N) is 2. The first-order chi connectivity index (χ1) is 15.0. The van der Waals surface area contributed by atoms with Crippen molar-refractivity contribution in [1.29, 1.82) is 0 Å². The fourth-order valence-corrected chi connectivity index (χ4v) is 3.24. The van der Waals surface area contributed by atoms with E-state index in [1.54, 1.807) is 26.4 Å². The third-order valence-electron chi connectivity index (χ3n) is 4.84. The van der Waals surface area contributed by atoms with E-state index >= 15 is 0 Å². The molecule has 7 nitrogen and oxygen atoms in total. The summed E-state index contributed by atoms with van der Waals surface area (Å²) in [6, 6.07) is 13.7. The zero-order valence-corrected chi connectivity index (χ0v) is 18.7. The molecule has 0 spiro atoms. The summed E-state index contributed by atoms with van der Waals surface area (Å²) in [7, 11) is 3.17. The maximum atomic E-state index is 12.9. The van der Waals surface area contributed by atoms with Crippen LogP contribution < -0.4 is 9.47 Å². The SMILES string of the molecule is CCC.COc1ccc(CN2CC(=O)N(Cc3ccc(OC)cc3)[C@@H](CO)C2=O)cc1. The monoisotopic (exact) mass is 428 g/mol. The number of amides is 2. The Kier molecular flexibility index (Phi) is 9.34. The lowest BCUT2D eigenvalue weighted by molar-refractivity contribution is -0.158. The molecule has 0 unspecified atom stereocenters. The summed E-state index contributed by atoms with van der Waals surface area (Å²) in [5.74, 6) is 0.993. The number of rotatable bonds is 7. The molecular formula is C24H32N2O5. The van der Waals surface area contributed by atoms with Gasteiger partial charge in [0.2, 0.25) is 11.8 Å². The molecule has 2 aromatic carbocycles. The van der Waals surface area contributed by atoms with E-state index in [-0.39, 0.29) is 24.9 Å². The molecule has 1 saturated heterocycles. The van der Waals surface area contributed by atoms with Gasteiger partial charge in [-0.25, -0.2) is 0 Å². The number of carbonyl (C=O) groups is 2. The van der Waals surface area contributed by atoms with Gasteiger partial charge in [0.15, 0.2) is 0 Å². The number of methoxy groups -OCH3 is 2. The maximum Gasteiger partial charge on any atom is 0.248 e. The molecule has 0 aromatic heterocycles. The molecular weight excluding hydrogens is 396 g/mol. The summed E-state index contributed by atoms with van der Waals surface area (Å²) in [4.78, 5) is 28.5. The van der Waals surface area contributed by atoms with Crippen LogP contribution in [0.5, 0.6) is 11.5 Å². The van der Waals surface area contributed by atoms with Crippen LogP contribution in [0.15, 0.2) is 48.5 Å². The second-order valence-corrected chi connectivity index (χ2v) is 7.32. The van der Waals surface area contributed by atoms with E-state index in [4.69, 9.17) is 9.47 Å². The van der Waals surface area contributed by atoms with Crippen LogP contribution in [0.1, 0.15) is 31.4 Å². The van der Waals surface area contributed by atoms with Crippen molar-refractivity contribution in [3.8, 4) is 11.5 Å². The second-order valence-electron chi connectivity index (χ2n) is 7.32. The highest BCUT2D eigenvalue weighted by Gasteiger charge is 2.38. The Bertz CT molecular complexity index is 836. The fraction of sp³-hybridized carbons (Fsp3) is 0.417. The van der Waals surface area contributed by atoms with Crippen LogP contribution in [0.4, 0.5) is 0 Å². The smallest absolute Gasteiger partial charge is 0.248 e. The summed E-state index contributed by atoms with van der Waals surface area (Å²) < 4.78 is 10.3. The molecule has 1 heterocycles. The molecule has 2 aromatic rings. The van der Waals surface area contributed by atoms with Crippen LogP contribution in [0.25, 0.3) is 0 Å². The number of hydrogen-bond donors (Lipinski definition) is 1. The van der Waals surface area contributed by atoms with Crippen molar-refractivity contribution in [2.24, 2.45) is 0 Å². The lowest BCUT2D eigenvalue weighted by Crippen LogP contribution is -2.60. The number of carbonyl (C=O) groups excluding carboxylic acids is 2. The van der Waals surface area contributed by atoms with E-state index in [1.165, 1.54) is 16.2 Å². The average molecular weight is 429 g/mol. The maximum absolute atomic E-state index is 12.9. The predicted octanol–water partition coefficient (Wildman–Crippen LogP) is 2.85. The van der Waals surface area contributed by atoms with Gasteiger partial charge in [-0.05, 0) is 35.4 Å². The molecule has 31 heavy (non-hydrogen) atoms. The number of benzene rings is 2. The van der Waals surface area contributed by atoms with Crippen molar-refractivity contribution in [1.82, 2.24) is 9.80 Å². The van der Waals surface area contributed by atoms with Crippen LogP contribution in [-0.4, -0.2) is 60.1 Å². The van der Waals surface area contributed by atoms with E-state index < -0.39 is 12.6 Å². The number of aliphatic hydroxyl groups excluding tert-OH is 1. The molecule has 0 bridgehead atoms. The van der Waals surface area contributed by atoms with Gasteiger partial charge in [0.05, 0.1) is 20.8 Å². The third-order valence-corrected chi connectivity index (χ3v) is 4.84. The van der Waals surface area contributed by atoms with Crippen LogP contribution in [0.2, 0.25) is 0 Å². The number of hydrogen-bond acceptors (Lipinski definition) is 5. The van der Waals surface area contributed by atoms with Crippen molar-refractivity contribution < 1.29 is 24.2 Å². The Balaban J connectivity index is 0.00000107. The minimum atomic E-state index is -0.887. The van der Waals surface area contributed by atoms with E-state index in [0.29, 0.717) is 12.3 Å². The number of aliphatic hydroxyl groups is 1. The fourth-order valence-electron chi connectivity index (χ4n) is 3.24. The van der Waals surface area contributed by atoms with Gasteiger partial charge in [0.1, 0.15) is 24.1 Å². The summed E-state index contributed by atoms with van der Waals surface area (Å²) in [6.45, 7) is 4.38. The van der Waals surface area contributed by atoms with Gasteiger partial charge in [0.25, 0.3) is 0 Å². The summed E-state index contributed by atoms with van der Waals surface area (Å²) in [6.07, 6.45) is 1.25. The van der Waals surface area contributed by atoms with Gasteiger partial charge in [-0.2, -0.15) is 0 Å². The Labute approximate surface area is 184 Å². The van der Waals surface area contributed by atoms with Crippen LogP contribution in [0, 0.1) is 0 Å². The molecule has 1 atom stereocenters. The topological polar surface area (TPSA) is 79.3 Å². The van der Waals surface area contributed by atoms with Gasteiger partial charge in [-0.3, -0.25) is 9.59 Å². The first-order valence-electron chi connectivity index (χ1n) is 10.4. The van der Waals surface area contributed by atoms with E-state index in [0.717, 1.165) is 16.9 Å². The lowest BCUT2D eigenvalue weighted by Gasteiger charge is -2.39. The summed E-state index contributed by atoms with van der Waals surface area (Å²) in [5.41, 5.74) is 1.76. The zero-order chi connectivity index (χ0) is 22.8. The van der Waals surface area contributed by atoms with Crippen molar-refractivity contribution in [2.45, 2.75) is 39.4 Å². The molecule has 1 aliphatic heterocycles. The normalized spacial score (nSPS) is 16.0. The number of piperazine rings is 1. The largest absolute Gasteiger partial charge is 0.497 e. The molecule has 0 saturated carbocycles. The Morgan fingerprint density at radius 1 is 0.871 bits per heavy atom. The van der Waals surface area contributed by atoms with Gasteiger partial charge < -0.3 is 24.4 Å².